The van der Waals surface area contributed by atoms with Crippen LogP contribution in [0.4, 0.5) is 4.39 Å². The Kier molecular flexibility index (Phi) is 4.93. The molecule has 0 fully saturated rings. The first-order valence-electron chi connectivity index (χ1n) is 5.97. The number of benzene rings is 1. The first-order valence-corrected chi connectivity index (χ1v) is 6.76. The minimum absolute atomic E-state index is 0.0327. The molecule has 2 rings (SSSR count). The lowest BCUT2D eigenvalue weighted by atomic mass is 10.3. The molecule has 0 saturated heterocycles. The maximum absolute atomic E-state index is 13.5. The SMILES string of the molecule is CCCNCc1coc(Oc2cc(Br)ccc2F)n1. The summed E-state index contributed by atoms with van der Waals surface area (Å²) >= 11 is 3.25. The van der Waals surface area contributed by atoms with Crippen molar-refractivity contribution in [2.75, 3.05) is 6.54 Å². The van der Waals surface area contributed by atoms with Crippen molar-refractivity contribution in [2.45, 2.75) is 19.9 Å². The molecule has 1 N–H and O–H groups in total. The van der Waals surface area contributed by atoms with Crippen LogP contribution < -0.4 is 10.1 Å². The zero-order valence-corrected chi connectivity index (χ0v) is 12.0. The predicted octanol–water partition coefficient (Wildman–Crippen LogP) is 3.87. The van der Waals surface area contributed by atoms with Crippen molar-refractivity contribution >= 4 is 15.9 Å². The minimum Gasteiger partial charge on any atom is -0.417 e. The molecule has 0 aliphatic carbocycles. The van der Waals surface area contributed by atoms with Gasteiger partial charge in [0.05, 0.1) is 5.69 Å². The van der Waals surface area contributed by atoms with Crippen molar-refractivity contribution in [3.8, 4) is 11.8 Å². The summed E-state index contributed by atoms with van der Waals surface area (Å²) in [5.41, 5.74) is 0.721. The fourth-order valence-electron chi connectivity index (χ4n) is 1.46. The number of aromatic nitrogens is 1. The third-order valence-electron chi connectivity index (χ3n) is 2.35. The van der Waals surface area contributed by atoms with Crippen molar-refractivity contribution in [1.29, 1.82) is 0 Å². The van der Waals surface area contributed by atoms with Crippen molar-refractivity contribution in [3.63, 3.8) is 0 Å². The summed E-state index contributed by atoms with van der Waals surface area (Å²) < 4.78 is 24.6. The average Bonchev–Trinajstić information content (AvgIpc) is 2.82. The Bertz CT molecular complexity index is 545. The molecule has 0 unspecified atom stereocenters. The molecule has 0 aliphatic rings. The summed E-state index contributed by atoms with van der Waals surface area (Å²) in [5, 5.41) is 3.19. The number of rotatable bonds is 6. The topological polar surface area (TPSA) is 47.3 Å². The van der Waals surface area contributed by atoms with Crippen LogP contribution in [0.2, 0.25) is 0 Å². The van der Waals surface area contributed by atoms with Gasteiger partial charge in [-0.05, 0) is 31.2 Å². The number of nitrogens with zero attached hydrogens (tertiary/aromatic N) is 1. The third-order valence-corrected chi connectivity index (χ3v) is 2.85. The maximum atomic E-state index is 13.5. The second-order valence-electron chi connectivity index (χ2n) is 3.96. The number of nitrogens with one attached hydrogen (secondary N) is 1. The molecule has 1 aromatic heterocycles. The van der Waals surface area contributed by atoms with Crippen molar-refractivity contribution in [3.05, 3.63) is 40.4 Å². The van der Waals surface area contributed by atoms with Gasteiger partial charge in [-0.3, -0.25) is 0 Å². The van der Waals surface area contributed by atoms with Crippen molar-refractivity contribution in [1.82, 2.24) is 10.3 Å². The lowest BCUT2D eigenvalue weighted by Gasteiger charge is -2.02. The zero-order valence-electron chi connectivity index (χ0n) is 10.5. The van der Waals surface area contributed by atoms with Crippen LogP contribution >= 0.6 is 15.9 Å². The molecule has 2 aromatic rings. The second-order valence-corrected chi connectivity index (χ2v) is 4.87. The molecule has 0 atom stereocenters. The first kappa shape index (κ1) is 14.0. The molecule has 1 heterocycles. The number of ether oxygens (including phenoxy) is 1. The molecule has 6 heteroatoms. The van der Waals surface area contributed by atoms with E-state index in [1.165, 1.54) is 18.4 Å². The molecule has 4 nitrogen and oxygen atoms in total. The molecule has 0 spiro atoms. The quantitative estimate of drug-likeness (QED) is 0.818. The fourth-order valence-corrected chi connectivity index (χ4v) is 1.80. The normalized spacial score (nSPS) is 10.7. The van der Waals surface area contributed by atoms with Crippen LogP contribution in [-0.4, -0.2) is 11.5 Å². The van der Waals surface area contributed by atoms with E-state index in [1.807, 2.05) is 0 Å². The highest BCUT2D eigenvalue weighted by Gasteiger charge is 2.10. The summed E-state index contributed by atoms with van der Waals surface area (Å²) in [6, 6.07) is 4.43. The predicted molar refractivity (Wildman–Crippen MR) is 72.7 cm³/mol. The number of hydrogen-bond donors (Lipinski definition) is 1. The molecular weight excluding hydrogens is 315 g/mol. The molecule has 1 aromatic carbocycles. The van der Waals surface area contributed by atoms with Crippen LogP contribution in [0.5, 0.6) is 11.8 Å². The Morgan fingerprint density at radius 2 is 2.32 bits per heavy atom. The third kappa shape index (κ3) is 4.04. The highest BCUT2D eigenvalue weighted by Crippen LogP contribution is 2.27. The first-order chi connectivity index (χ1) is 9.19. The smallest absolute Gasteiger partial charge is 0.399 e. The molecule has 0 aliphatic heterocycles. The van der Waals surface area contributed by atoms with Crippen molar-refractivity contribution < 1.29 is 13.5 Å². The Labute approximate surface area is 119 Å². The largest absolute Gasteiger partial charge is 0.417 e. The highest BCUT2D eigenvalue weighted by molar-refractivity contribution is 9.10. The van der Waals surface area contributed by atoms with Crippen LogP contribution in [0, 0.1) is 5.82 Å². The van der Waals surface area contributed by atoms with E-state index in [0.29, 0.717) is 6.54 Å². The van der Waals surface area contributed by atoms with Gasteiger partial charge in [-0.25, -0.2) is 4.39 Å². The minimum atomic E-state index is -0.466. The van der Waals surface area contributed by atoms with Gasteiger partial charge < -0.3 is 14.5 Å². The van der Waals surface area contributed by atoms with Gasteiger partial charge in [0.25, 0.3) is 0 Å². The fraction of sp³-hybridized carbons (Fsp3) is 0.308. The monoisotopic (exact) mass is 328 g/mol. The van der Waals surface area contributed by atoms with Gasteiger partial charge in [-0.15, -0.1) is 0 Å². The molecule has 0 amide bonds. The van der Waals surface area contributed by atoms with Gasteiger partial charge in [-0.1, -0.05) is 22.9 Å². The van der Waals surface area contributed by atoms with E-state index in [9.17, 15) is 4.39 Å². The van der Waals surface area contributed by atoms with Crippen molar-refractivity contribution in [2.24, 2.45) is 0 Å². The van der Waals surface area contributed by atoms with E-state index in [1.54, 1.807) is 6.07 Å². The number of hydrogen-bond acceptors (Lipinski definition) is 4. The molecule has 0 bridgehead atoms. The van der Waals surface area contributed by atoms with Gasteiger partial charge in [-0.2, -0.15) is 4.98 Å². The van der Waals surface area contributed by atoms with Gasteiger partial charge >= 0.3 is 6.08 Å². The summed E-state index contributed by atoms with van der Waals surface area (Å²) in [6.07, 6.45) is 2.57. The molecule has 0 saturated carbocycles. The Hall–Kier alpha value is -1.40. The van der Waals surface area contributed by atoms with Gasteiger partial charge in [0, 0.05) is 11.0 Å². The molecular formula is C13H14BrFN2O2. The van der Waals surface area contributed by atoms with E-state index >= 15 is 0 Å². The van der Waals surface area contributed by atoms with Gasteiger partial charge in [0.1, 0.15) is 6.26 Å². The second kappa shape index (κ2) is 6.68. The lowest BCUT2D eigenvalue weighted by molar-refractivity contribution is 0.318. The average molecular weight is 329 g/mol. The van der Waals surface area contributed by atoms with E-state index in [0.717, 1.165) is 23.1 Å². The van der Waals surface area contributed by atoms with Gasteiger partial charge in [0.15, 0.2) is 11.6 Å². The molecule has 19 heavy (non-hydrogen) atoms. The van der Waals surface area contributed by atoms with Crippen LogP contribution in [0.1, 0.15) is 19.0 Å². The number of halogens is 2. The van der Waals surface area contributed by atoms with E-state index in [4.69, 9.17) is 9.15 Å². The Balaban J connectivity index is 2.01. The zero-order chi connectivity index (χ0) is 13.7. The van der Waals surface area contributed by atoms with Gasteiger partial charge in [0.2, 0.25) is 0 Å². The summed E-state index contributed by atoms with van der Waals surface area (Å²) in [5.74, 6) is -0.392. The Morgan fingerprint density at radius 1 is 1.47 bits per heavy atom. The summed E-state index contributed by atoms with van der Waals surface area (Å²) in [6.45, 7) is 3.59. The van der Waals surface area contributed by atoms with Crippen LogP contribution in [0.3, 0.4) is 0 Å². The lowest BCUT2D eigenvalue weighted by Crippen LogP contribution is -2.13. The maximum Gasteiger partial charge on any atom is 0.399 e. The van der Waals surface area contributed by atoms with Crippen LogP contribution in [0.25, 0.3) is 0 Å². The van der Waals surface area contributed by atoms with Crippen LogP contribution in [-0.2, 0) is 6.54 Å². The molecule has 0 radical (unpaired) electrons. The summed E-state index contributed by atoms with van der Waals surface area (Å²) in [4.78, 5) is 4.11. The van der Waals surface area contributed by atoms with E-state index < -0.39 is 5.82 Å². The van der Waals surface area contributed by atoms with E-state index in [-0.39, 0.29) is 11.8 Å². The summed E-state index contributed by atoms with van der Waals surface area (Å²) in [7, 11) is 0. The highest BCUT2D eigenvalue weighted by atomic mass is 79.9. The van der Waals surface area contributed by atoms with E-state index in [2.05, 4.69) is 33.2 Å². The standard InChI is InChI=1S/C13H14BrFN2O2/c1-2-5-16-7-10-8-18-13(17-10)19-12-6-9(14)3-4-11(12)15/h3-4,6,8,16H,2,5,7H2,1H3. The molecule has 102 valence electrons. The Morgan fingerprint density at radius 3 is 3.11 bits per heavy atom. The number of oxazole rings is 1. The van der Waals surface area contributed by atoms with Crippen LogP contribution in [0.15, 0.2) is 33.4 Å².